The summed E-state index contributed by atoms with van der Waals surface area (Å²) in [7, 11) is -3.57. The van der Waals surface area contributed by atoms with Crippen molar-refractivity contribution in [2.45, 2.75) is 37.6 Å². The fourth-order valence-electron chi connectivity index (χ4n) is 3.52. The minimum atomic E-state index is -3.57. The molecule has 1 atom stereocenters. The van der Waals surface area contributed by atoms with E-state index in [-0.39, 0.29) is 10.9 Å². The SMILES string of the molecule is Cc1ccc(N)c(S(=O)(=O)NC2CN3CCC2CC3)c1C. The molecule has 3 aliphatic heterocycles. The van der Waals surface area contributed by atoms with E-state index in [1.54, 1.807) is 6.07 Å². The summed E-state index contributed by atoms with van der Waals surface area (Å²) in [5.41, 5.74) is 7.94. The largest absolute Gasteiger partial charge is 0.398 e. The zero-order valence-corrected chi connectivity index (χ0v) is 13.4. The van der Waals surface area contributed by atoms with Crippen molar-refractivity contribution in [2.24, 2.45) is 5.92 Å². The van der Waals surface area contributed by atoms with Crippen LogP contribution in [0.1, 0.15) is 24.0 Å². The maximum absolute atomic E-state index is 12.8. The third kappa shape index (κ3) is 2.67. The van der Waals surface area contributed by atoms with Gasteiger partial charge in [-0.05, 0) is 62.9 Å². The molecule has 3 N–H and O–H groups in total. The first kappa shape index (κ1) is 14.8. The second kappa shape index (κ2) is 5.26. The van der Waals surface area contributed by atoms with Crippen molar-refractivity contribution < 1.29 is 8.42 Å². The zero-order valence-electron chi connectivity index (χ0n) is 12.6. The van der Waals surface area contributed by atoms with Gasteiger partial charge in [0.15, 0.2) is 0 Å². The van der Waals surface area contributed by atoms with Gasteiger partial charge >= 0.3 is 0 Å². The van der Waals surface area contributed by atoms with Crippen molar-refractivity contribution in [1.82, 2.24) is 9.62 Å². The molecule has 21 heavy (non-hydrogen) atoms. The summed E-state index contributed by atoms with van der Waals surface area (Å²) in [6, 6.07) is 3.54. The predicted octanol–water partition coefficient (Wildman–Crippen LogP) is 1.26. The standard InChI is InChI=1S/C15H23N3O2S/c1-10-3-4-13(16)15(11(10)2)21(19,20)17-14-9-18-7-5-12(14)6-8-18/h3-4,12,14,17H,5-9,16H2,1-2H3. The van der Waals surface area contributed by atoms with Crippen molar-refractivity contribution in [3.8, 4) is 0 Å². The Morgan fingerprint density at radius 2 is 1.90 bits per heavy atom. The molecule has 1 aromatic rings. The minimum absolute atomic E-state index is 0.0109. The lowest BCUT2D eigenvalue weighted by Gasteiger charge is -2.44. The monoisotopic (exact) mass is 309 g/mol. The average molecular weight is 309 g/mol. The normalized spacial score (nSPS) is 28.8. The number of hydrogen-bond acceptors (Lipinski definition) is 4. The van der Waals surface area contributed by atoms with Gasteiger partial charge in [-0.1, -0.05) is 6.07 Å². The summed E-state index contributed by atoms with van der Waals surface area (Å²) in [6.45, 7) is 6.72. The molecule has 0 saturated carbocycles. The van der Waals surface area contributed by atoms with Crippen LogP contribution in [0.25, 0.3) is 0 Å². The molecule has 3 fully saturated rings. The van der Waals surface area contributed by atoms with E-state index in [0.717, 1.165) is 43.6 Å². The molecule has 1 unspecified atom stereocenters. The van der Waals surface area contributed by atoms with Gasteiger partial charge < -0.3 is 10.6 Å². The van der Waals surface area contributed by atoms with Crippen LogP contribution in [0.3, 0.4) is 0 Å². The Kier molecular flexibility index (Phi) is 3.71. The highest BCUT2D eigenvalue weighted by Gasteiger charge is 2.37. The van der Waals surface area contributed by atoms with Crippen molar-refractivity contribution in [1.29, 1.82) is 0 Å². The molecular formula is C15H23N3O2S. The van der Waals surface area contributed by atoms with Crippen molar-refractivity contribution in [2.75, 3.05) is 25.4 Å². The van der Waals surface area contributed by atoms with E-state index in [4.69, 9.17) is 5.73 Å². The van der Waals surface area contributed by atoms with Gasteiger partial charge in [-0.2, -0.15) is 0 Å². The number of rotatable bonds is 3. The number of nitrogens with one attached hydrogen (secondary N) is 1. The van der Waals surface area contributed by atoms with Gasteiger partial charge in [-0.15, -0.1) is 0 Å². The Bertz CT molecular complexity index is 649. The number of nitrogen functional groups attached to an aromatic ring is 1. The summed E-state index contributed by atoms with van der Waals surface area (Å²) in [6.07, 6.45) is 2.16. The molecule has 0 aliphatic carbocycles. The highest BCUT2D eigenvalue weighted by Crippen LogP contribution is 2.30. The summed E-state index contributed by atoms with van der Waals surface area (Å²) < 4.78 is 28.4. The molecule has 3 aliphatic rings. The lowest BCUT2D eigenvalue weighted by Crippen LogP contribution is -2.57. The Morgan fingerprint density at radius 3 is 2.48 bits per heavy atom. The van der Waals surface area contributed by atoms with Crippen LogP contribution in [0.15, 0.2) is 17.0 Å². The molecule has 0 aromatic heterocycles. The molecule has 0 spiro atoms. The number of nitrogens with two attached hydrogens (primary N) is 1. The molecule has 1 aromatic carbocycles. The van der Waals surface area contributed by atoms with Crippen LogP contribution < -0.4 is 10.5 Å². The third-order valence-corrected chi connectivity index (χ3v) is 6.63. The van der Waals surface area contributed by atoms with Gasteiger partial charge in [0, 0.05) is 12.6 Å². The molecule has 6 heteroatoms. The third-order valence-electron chi connectivity index (χ3n) is 4.94. The molecule has 4 rings (SSSR count). The van der Waals surface area contributed by atoms with Crippen LogP contribution in [0.5, 0.6) is 0 Å². The van der Waals surface area contributed by atoms with E-state index < -0.39 is 10.0 Å². The predicted molar refractivity (Wildman–Crippen MR) is 83.6 cm³/mol. The second-order valence-electron chi connectivity index (χ2n) is 6.29. The highest BCUT2D eigenvalue weighted by molar-refractivity contribution is 7.89. The van der Waals surface area contributed by atoms with Crippen LogP contribution >= 0.6 is 0 Å². The average Bonchev–Trinajstić information content (AvgIpc) is 2.44. The maximum Gasteiger partial charge on any atom is 0.243 e. The molecule has 116 valence electrons. The van der Waals surface area contributed by atoms with Gasteiger partial charge in [-0.3, -0.25) is 0 Å². The number of anilines is 1. The van der Waals surface area contributed by atoms with E-state index in [0.29, 0.717) is 11.6 Å². The van der Waals surface area contributed by atoms with Gasteiger partial charge in [-0.25, -0.2) is 13.1 Å². The molecule has 2 bridgehead atoms. The van der Waals surface area contributed by atoms with Gasteiger partial charge in [0.1, 0.15) is 4.90 Å². The lowest BCUT2D eigenvalue weighted by atomic mass is 9.85. The Labute approximate surface area is 126 Å². The van der Waals surface area contributed by atoms with Gasteiger partial charge in [0.25, 0.3) is 0 Å². The number of piperidine rings is 3. The fraction of sp³-hybridized carbons (Fsp3) is 0.600. The number of aryl methyl sites for hydroxylation is 1. The molecule has 0 amide bonds. The van der Waals surface area contributed by atoms with Crippen LogP contribution in [-0.2, 0) is 10.0 Å². The van der Waals surface area contributed by atoms with E-state index in [1.807, 2.05) is 19.9 Å². The van der Waals surface area contributed by atoms with Crippen LogP contribution in [0.2, 0.25) is 0 Å². The molecule has 5 nitrogen and oxygen atoms in total. The van der Waals surface area contributed by atoms with E-state index in [1.165, 1.54) is 0 Å². The van der Waals surface area contributed by atoms with Crippen molar-refractivity contribution in [3.05, 3.63) is 23.3 Å². The number of hydrogen-bond donors (Lipinski definition) is 2. The quantitative estimate of drug-likeness (QED) is 0.824. The topological polar surface area (TPSA) is 75.4 Å². The van der Waals surface area contributed by atoms with Crippen LogP contribution in [-0.4, -0.2) is 39.0 Å². The fourth-order valence-corrected chi connectivity index (χ4v) is 5.25. The highest BCUT2D eigenvalue weighted by atomic mass is 32.2. The Hall–Kier alpha value is -1.11. The summed E-state index contributed by atoms with van der Waals surface area (Å²) in [4.78, 5) is 2.58. The van der Waals surface area contributed by atoms with Crippen molar-refractivity contribution >= 4 is 15.7 Å². The van der Waals surface area contributed by atoms with E-state index in [9.17, 15) is 8.42 Å². The first-order valence-electron chi connectivity index (χ1n) is 7.49. The Balaban J connectivity index is 1.90. The smallest absolute Gasteiger partial charge is 0.243 e. The van der Waals surface area contributed by atoms with E-state index in [2.05, 4.69) is 9.62 Å². The molecule has 3 saturated heterocycles. The molecular weight excluding hydrogens is 286 g/mol. The summed E-state index contributed by atoms with van der Waals surface area (Å²) in [5, 5.41) is 0. The van der Waals surface area contributed by atoms with Gasteiger partial charge in [0.05, 0.1) is 5.69 Å². The maximum atomic E-state index is 12.8. The summed E-state index contributed by atoms with van der Waals surface area (Å²) in [5.74, 6) is 0.455. The zero-order chi connectivity index (χ0) is 15.2. The lowest BCUT2D eigenvalue weighted by molar-refractivity contribution is 0.0827. The Morgan fingerprint density at radius 1 is 1.24 bits per heavy atom. The van der Waals surface area contributed by atoms with Crippen LogP contribution in [0, 0.1) is 19.8 Å². The van der Waals surface area contributed by atoms with E-state index >= 15 is 0 Å². The van der Waals surface area contributed by atoms with Crippen LogP contribution in [0.4, 0.5) is 5.69 Å². The number of benzene rings is 1. The van der Waals surface area contributed by atoms with Crippen molar-refractivity contribution in [3.63, 3.8) is 0 Å². The molecule has 3 heterocycles. The summed E-state index contributed by atoms with van der Waals surface area (Å²) >= 11 is 0. The first-order valence-corrected chi connectivity index (χ1v) is 8.97. The minimum Gasteiger partial charge on any atom is -0.398 e. The number of fused-ring (bicyclic) bond motifs is 3. The molecule has 0 radical (unpaired) electrons. The van der Waals surface area contributed by atoms with Gasteiger partial charge in [0.2, 0.25) is 10.0 Å². The number of nitrogens with zero attached hydrogens (tertiary/aromatic N) is 1. The first-order chi connectivity index (χ1) is 9.88. The number of sulfonamides is 1. The second-order valence-corrected chi connectivity index (χ2v) is 7.94.